The molecule has 0 spiro atoms. The van der Waals surface area contributed by atoms with E-state index in [1.54, 1.807) is 0 Å². The Morgan fingerprint density at radius 2 is 1.08 bits per heavy atom. The van der Waals surface area contributed by atoms with E-state index in [1.807, 2.05) is 0 Å². The fourth-order valence-corrected chi connectivity index (χ4v) is 0. The van der Waals surface area contributed by atoms with Gasteiger partial charge in [0.1, 0.15) is 0 Å². The number of aliphatic hydroxyl groups excluding tert-OH is 2. The summed E-state index contributed by atoms with van der Waals surface area (Å²) in [5.74, 6) is -2.87. The summed E-state index contributed by atoms with van der Waals surface area (Å²) in [5.41, 5.74) is 0. The van der Waals surface area contributed by atoms with E-state index >= 15 is 0 Å². The van der Waals surface area contributed by atoms with Crippen LogP contribution in [-0.2, 0) is 26.1 Å². The fourth-order valence-electron chi connectivity index (χ4n) is 0. The first-order chi connectivity index (χ1) is 5.29. The molecule has 0 heterocycles. The monoisotopic (exact) mass is 236 g/mol. The van der Waals surface area contributed by atoms with Crippen molar-refractivity contribution >= 4 is 11.9 Å². The smallest absolute Gasteiger partial charge is 0.547 e. The Labute approximate surface area is 85.1 Å². The fraction of sp³-hybridized carbons (Fsp3) is 0.667. The molecule has 0 aliphatic heterocycles. The SMILES string of the molecule is CC(O)C(=O)[O-].CC(O)C(=O)[O-].[Ni+2]. The second-order valence-electron chi connectivity index (χ2n) is 1.99. The minimum atomic E-state index is -1.44. The molecule has 2 N–H and O–H groups in total. The largest absolute Gasteiger partial charge is 2.00 e. The predicted octanol–water partition coefficient (Wildman–Crippen LogP) is -3.77. The molecule has 7 heteroatoms. The van der Waals surface area contributed by atoms with Crippen molar-refractivity contribution in [2.45, 2.75) is 26.1 Å². The summed E-state index contributed by atoms with van der Waals surface area (Å²) in [6.45, 7) is 2.27. The number of aliphatic carboxylic acids is 2. The van der Waals surface area contributed by atoms with Crippen LogP contribution < -0.4 is 10.2 Å². The van der Waals surface area contributed by atoms with Gasteiger partial charge in [-0.05, 0) is 13.8 Å². The Hall–Kier alpha value is -0.646. The van der Waals surface area contributed by atoms with Gasteiger partial charge in [0, 0.05) is 0 Å². The topological polar surface area (TPSA) is 121 Å². The first-order valence-electron chi connectivity index (χ1n) is 3.06. The van der Waals surface area contributed by atoms with Crippen LogP contribution in [0.4, 0.5) is 0 Å². The number of carboxylic acid groups (broad SMARTS) is 2. The average Bonchev–Trinajstić information content (AvgIpc) is 1.88. The summed E-state index contributed by atoms with van der Waals surface area (Å²) in [5, 5.41) is 34.6. The number of carboxylic acids is 2. The third kappa shape index (κ3) is 18.4. The van der Waals surface area contributed by atoms with Crippen LogP contribution in [0, 0.1) is 0 Å². The molecule has 2 unspecified atom stereocenters. The Morgan fingerprint density at radius 3 is 1.08 bits per heavy atom. The number of rotatable bonds is 2. The van der Waals surface area contributed by atoms with E-state index in [-0.39, 0.29) is 16.5 Å². The van der Waals surface area contributed by atoms with Crippen molar-refractivity contribution in [3.8, 4) is 0 Å². The second-order valence-corrected chi connectivity index (χ2v) is 1.99. The number of hydrogen-bond donors (Lipinski definition) is 2. The average molecular weight is 237 g/mol. The van der Waals surface area contributed by atoms with E-state index in [9.17, 15) is 19.8 Å². The Kier molecular flexibility index (Phi) is 13.2. The quantitative estimate of drug-likeness (QED) is 0.475. The van der Waals surface area contributed by atoms with Gasteiger partial charge in [0.15, 0.2) is 0 Å². The molecule has 0 aromatic rings. The first kappa shape index (κ1) is 18.2. The molecule has 0 saturated carbocycles. The van der Waals surface area contributed by atoms with Gasteiger partial charge in [0.25, 0.3) is 0 Å². The Bertz CT molecular complexity index is 137. The van der Waals surface area contributed by atoms with Gasteiger partial charge in [0.2, 0.25) is 0 Å². The first-order valence-corrected chi connectivity index (χ1v) is 3.06. The van der Waals surface area contributed by atoms with Gasteiger partial charge in [-0.1, -0.05) is 0 Å². The van der Waals surface area contributed by atoms with E-state index in [0.29, 0.717) is 0 Å². The molecule has 0 radical (unpaired) electrons. The van der Waals surface area contributed by atoms with Crippen LogP contribution in [0.25, 0.3) is 0 Å². The summed E-state index contributed by atoms with van der Waals surface area (Å²) in [4.78, 5) is 18.7. The van der Waals surface area contributed by atoms with E-state index in [1.165, 1.54) is 0 Å². The second kappa shape index (κ2) is 9.44. The molecule has 80 valence electrons. The van der Waals surface area contributed by atoms with Crippen molar-refractivity contribution in [1.82, 2.24) is 0 Å². The molecule has 0 rings (SSSR count). The molecule has 0 aliphatic carbocycles. The van der Waals surface area contributed by atoms with E-state index in [0.717, 1.165) is 13.8 Å². The summed E-state index contributed by atoms with van der Waals surface area (Å²) in [6.07, 6.45) is -2.69. The van der Waals surface area contributed by atoms with Crippen LogP contribution in [0.1, 0.15) is 13.8 Å². The third-order valence-corrected chi connectivity index (χ3v) is 0.682. The molecule has 13 heavy (non-hydrogen) atoms. The summed E-state index contributed by atoms with van der Waals surface area (Å²) < 4.78 is 0. The molecule has 0 aromatic heterocycles. The third-order valence-electron chi connectivity index (χ3n) is 0.682. The van der Waals surface area contributed by atoms with Crippen molar-refractivity contribution in [3.63, 3.8) is 0 Å². The standard InChI is InChI=1S/2C3H6O3.Ni/c2*1-2(4)3(5)6;/h2*2,4H,1H3,(H,5,6);/q;;+2/p-2. The van der Waals surface area contributed by atoms with Crippen LogP contribution in [-0.4, -0.2) is 34.4 Å². The van der Waals surface area contributed by atoms with Gasteiger partial charge in [-0.25, -0.2) is 0 Å². The Balaban J connectivity index is -0.000000143. The van der Waals surface area contributed by atoms with E-state index in [4.69, 9.17) is 10.2 Å². The molecule has 0 amide bonds. The zero-order valence-corrected chi connectivity index (χ0v) is 7.99. The summed E-state index contributed by atoms with van der Waals surface area (Å²) >= 11 is 0. The summed E-state index contributed by atoms with van der Waals surface area (Å²) in [6, 6.07) is 0. The normalized spacial score (nSPS) is 12.6. The summed E-state index contributed by atoms with van der Waals surface area (Å²) in [7, 11) is 0. The van der Waals surface area contributed by atoms with Crippen molar-refractivity contribution in [3.05, 3.63) is 0 Å². The predicted molar refractivity (Wildman–Crippen MR) is 33.4 cm³/mol. The number of hydrogen-bond acceptors (Lipinski definition) is 6. The number of carbonyl (C=O) groups is 2. The minimum Gasteiger partial charge on any atom is -0.547 e. The van der Waals surface area contributed by atoms with E-state index in [2.05, 4.69) is 0 Å². The maximum atomic E-state index is 9.34. The van der Waals surface area contributed by atoms with Gasteiger partial charge in [0.05, 0.1) is 24.1 Å². The van der Waals surface area contributed by atoms with Gasteiger partial charge >= 0.3 is 16.5 Å². The van der Waals surface area contributed by atoms with Gasteiger partial charge in [-0.15, -0.1) is 0 Å². The van der Waals surface area contributed by atoms with Gasteiger partial charge in [-0.2, -0.15) is 0 Å². The molecular weight excluding hydrogens is 227 g/mol. The van der Waals surface area contributed by atoms with Crippen LogP contribution >= 0.6 is 0 Å². The van der Waals surface area contributed by atoms with Gasteiger partial charge < -0.3 is 30.0 Å². The van der Waals surface area contributed by atoms with Crippen molar-refractivity contribution in [1.29, 1.82) is 0 Å². The van der Waals surface area contributed by atoms with Crippen LogP contribution in [0.3, 0.4) is 0 Å². The van der Waals surface area contributed by atoms with E-state index < -0.39 is 24.1 Å². The molecule has 6 nitrogen and oxygen atoms in total. The maximum absolute atomic E-state index is 9.34. The van der Waals surface area contributed by atoms with Crippen molar-refractivity contribution < 1.29 is 46.5 Å². The molecule has 0 saturated heterocycles. The maximum Gasteiger partial charge on any atom is 2.00 e. The zero-order valence-electron chi connectivity index (χ0n) is 7.00. The molecule has 0 aromatic carbocycles. The number of aliphatic hydroxyl groups is 2. The molecule has 0 bridgehead atoms. The number of carbonyl (C=O) groups excluding carboxylic acids is 2. The molecule has 0 fully saturated rings. The van der Waals surface area contributed by atoms with Crippen molar-refractivity contribution in [2.24, 2.45) is 0 Å². The van der Waals surface area contributed by atoms with Crippen LogP contribution in [0.5, 0.6) is 0 Å². The molecular formula is C6H10NiO6. The van der Waals surface area contributed by atoms with Crippen molar-refractivity contribution in [2.75, 3.05) is 0 Å². The Morgan fingerprint density at radius 1 is 1.00 bits per heavy atom. The molecule has 2 atom stereocenters. The zero-order chi connectivity index (χ0) is 10.3. The minimum absolute atomic E-state index is 0. The van der Waals surface area contributed by atoms with Crippen LogP contribution in [0.15, 0.2) is 0 Å². The molecule has 0 aliphatic rings. The van der Waals surface area contributed by atoms with Gasteiger partial charge in [-0.3, -0.25) is 0 Å². The van der Waals surface area contributed by atoms with Crippen LogP contribution in [0.2, 0.25) is 0 Å².